The van der Waals surface area contributed by atoms with Crippen LogP contribution in [0.4, 0.5) is 4.39 Å². The van der Waals surface area contributed by atoms with Gasteiger partial charge in [-0.3, -0.25) is 4.90 Å². The number of furan rings is 1. The van der Waals surface area contributed by atoms with E-state index in [1.165, 1.54) is 6.07 Å². The van der Waals surface area contributed by atoms with Crippen LogP contribution < -0.4 is 10.1 Å². The summed E-state index contributed by atoms with van der Waals surface area (Å²) in [6.45, 7) is 3.44. The standard InChI is InChI=1S/C16H19FN2O2.ClH/c1-20-13-5-2-4-12(17)15(13)16(14-6-3-11-21-14)19-9-7-18-8-10-19;/h2-6,11,16,18H,7-10H2,1H3;1H/t16-;/m1./s1. The van der Waals surface area contributed by atoms with Crippen LogP contribution in [0, 0.1) is 5.82 Å². The normalized spacial score (nSPS) is 16.8. The number of nitrogens with one attached hydrogen (secondary N) is 1. The van der Waals surface area contributed by atoms with Crippen LogP contribution in [-0.4, -0.2) is 38.2 Å². The van der Waals surface area contributed by atoms with E-state index < -0.39 is 0 Å². The molecule has 0 bridgehead atoms. The third-order valence-corrected chi connectivity index (χ3v) is 3.84. The molecule has 1 aliphatic heterocycles. The molecule has 0 unspecified atom stereocenters. The Morgan fingerprint density at radius 1 is 1.23 bits per heavy atom. The molecule has 1 aromatic carbocycles. The zero-order valence-corrected chi connectivity index (χ0v) is 13.2. The summed E-state index contributed by atoms with van der Waals surface area (Å²) in [5, 5.41) is 3.31. The summed E-state index contributed by atoms with van der Waals surface area (Å²) in [5.41, 5.74) is 0.539. The first kappa shape index (κ1) is 16.8. The van der Waals surface area contributed by atoms with Crippen LogP contribution in [0.5, 0.6) is 5.75 Å². The second-order valence-corrected chi connectivity index (χ2v) is 5.06. The largest absolute Gasteiger partial charge is 0.496 e. The molecule has 120 valence electrons. The van der Waals surface area contributed by atoms with E-state index in [2.05, 4.69) is 10.2 Å². The van der Waals surface area contributed by atoms with Crippen molar-refractivity contribution < 1.29 is 13.5 Å². The van der Waals surface area contributed by atoms with Crippen LogP contribution in [0.15, 0.2) is 41.0 Å². The highest BCUT2D eigenvalue weighted by atomic mass is 35.5. The Bertz CT molecular complexity index is 586. The molecule has 1 atom stereocenters. The number of methoxy groups -OCH3 is 1. The molecule has 2 heterocycles. The highest BCUT2D eigenvalue weighted by molar-refractivity contribution is 5.85. The van der Waals surface area contributed by atoms with Crippen LogP contribution in [-0.2, 0) is 0 Å². The van der Waals surface area contributed by atoms with Gasteiger partial charge in [-0.15, -0.1) is 12.4 Å². The first-order valence-corrected chi connectivity index (χ1v) is 7.12. The molecule has 1 aliphatic rings. The van der Waals surface area contributed by atoms with Gasteiger partial charge in [-0.1, -0.05) is 6.07 Å². The van der Waals surface area contributed by atoms with Gasteiger partial charge in [0.05, 0.1) is 18.9 Å². The van der Waals surface area contributed by atoms with Gasteiger partial charge in [0.15, 0.2) is 0 Å². The Morgan fingerprint density at radius 3 is 2.64 bits per heavy atom. The Labute approximate surface area is 135 Å². The van der Waals surface area contributed by atoms with Gasteiger partial charge in [0.2, 0.25) is 0 Å². The van der Waals surface area contributed by atoms with Gasteiger partial charge in [0, 0.05) is 26.2 Å². The van der Waals surface area contributed by atoms with Crippen molar-refractivity contribution in [2.24, 2.45) is 0 Å². The molecule has 1 aromatic heterocycles. The summed E-state index contributed by atoms with van der Waals surface area (Å²) < 4.78 is 25.4. The van der Waals surface area contributed by atoms with Crippen molar-refractivity contribution in [1.82, 2.24) is 10.2 Å². The van der Waals surface area contributed by atoms with Gasteiger partial charge < -0.3 is 14.5 Å². The lowest BCUT2D eigenvalue weighted by Gasteiger charge is -2.34. The molecular weight excluding hydrogens is 307 g/mol. The molecule has 4 nitrogen and oxygen atoms in total. The Kier molecular flexibility index (Phi) is 5.83. The van der Waals surface area contributed by atoms with Crippen LogP contribution >= 0.6 is 12.4 Å². The van der Waals surface area contributed by atoms with Gasteiger partial charge in [-0.05, 0) is 24.3 Å². The van der Waals surface area contributed by atoms with E-state index in [4.69, 9.17) is 9.15 Å². The molecule has 2 aromatic rings. The highest BCUT2D eigenvalue weighted by Gasteiger charge is 2.30. The highest BCUT2D eigenvalue weighted by Crippen LogP contribution is 2.36. The molecule has 0 radical (unpaired) electrons. The van der Waals surface area contributed by atoms with Gasteiger partial charge in [-0.25, -0.2) is 4.39 Å². The Balaban J connectivity index is 0.00000176. The van der Waals surface area contributed by atoms with Crippen molar-refractivity contribution in [3.8, 4) is 5.75 Å². The lowest BCUT2D eigenvalue weighted by atomic mass is 10.00. The number of rotatable bonds is 4. The average Bonchev–Trinajstić information content (AvgIpc) is 3.04. The second kappa shape index (κ2) is 7.63. The van der Waals surface area contributed by atoms with Crippen molar-refractivity contribution in [1.29, 1.82) is 0 Å². The van der Waals surface area contributed by atoms with Crippen LogP contribution in [0.25, 0.3) is 0 Å². The number of hydrogen-bond donors (Lipinski definition) is 1. The first-order chi connectivity index (χ1) is 10.3. The fraction of sp³-hybridized carbons (Fsp3) is 0.375. The van der Waals surface area contributed by atoms with E-state index in [0.29, 0.717) is 11.3 Å². The third kappa shape index (κ3) is 3.27. The maximum absolute atomic E-state index is 14.5. The fourth-order valence-electron chi connectivity index (χ4n) is 2.85. The van der Waals surface area contributed by atoms with E-state index in [9.17, 15) is 4.39 Å². The minimum absolute atomic E-state index is 0. The Morgan fingerprint density at radius 2 is 2.00 bits per heavy atom. The molecule has 22 heavy (non-hydrogen) atoms. The van der Waals surface area contributed by atoms with Crippen LogP contribution in [0.1, 0.15) is 17.4 Å². The van der Waals surface area contributed by atoms with Crippen molar-refractivity contribution in [2.45, 2.75) is 6.04 Å². The molecule has 6 heteroatoms. The summed E-state index contributed by atoms with van der Waals surface area (Å²) in [6.07, 6.45) is 1.62. The van der Waals surface area contributed by atoms with E-state index >= 15 is 0 Å². The minimum Gasteiger partial charge on any atom is -0.496 e. The molecular formula is C16H20ClFN2O2. The molecule has 0 spiro atoms. The van der Waals surface area contributed by atoms with Gasteiger partial charge in [0.25, 0.3) is 0 Å². The zero-order valence-electron chi connectivity index (χ0n) is 12.4. The Hall–Kier alpha value is -1.56. The van der Waals surface area contributed by atoms with Crippen molar-refractivity contribution >= 4 is 12.4 Å². The molecule has 1 saturated heterocycles. The number of halogens is 2. The lowest BCUT2D eigenvalue weighted by Crippen LogP contribution is -2.45. The second-order valence-electron chi connectivity index (χ2n) is 5.06. The topological polar surface area (TPSA) is 37.6 Å². The van der Waals surface area contributed by atoms with Crippen LogP contribution in [0.2, 0.25) is 0 Å². The van der Waals surface area contributed by atoms with Crippen LogP contribution in [0.3, 0.4) is 0 Å². The number of hydrogen-bond acceptors (Lipinski definition) is 4. The first-order valence-electron chi connectivity index (χ1n) is 7.12. The lowest BCUT2D eigenvalue weighted by molar-refractivity contribution is 0.174. The molecule has 0 amide bonds. The van der Waals surface area contributed by atoms with E-state index in [0.717, 1.165) is 31.9 Å². The van der Waals surface area contributed by atoms with Gasteiger partial charge in [-0.2, -0.15) is 0 Å². The molecule has 1 N–H and O–H groups in total. The predicted octanol–water partition coefficient (Wildman–Crippen LogP) is 2.84. The molecule has 0 saturated carbocycles. The summed E-state index contributed by atoms with van der Waals surface area (Å²) in [4.78, 5) is 2.22. The van der Waals surface area contributed by atoms with Crippen molar-refractivity contribution in [3.05, 3.63) is 53.7 Å². The minimum atomic E-state index is -0.269. The number of piperazine rings is 1. The van der Waals surface area contributed by atoms with Crippen molar-refractivity contribution in [3.63, 3.8) is 0 Å². The smallest absolute Gasteiger partial charge is 0.132 e. The molecule has 0 aliphatic carbocycles. The predicted molar refractivity (Wildman–Crippen MR) is 85.2 cm³/mol. The monoisotopic (exact) mass is 326 g/mol. The van der Waals surface area contributed by atoms with E-state index in [1.807, 2.05) is 12.1 Å². The molecule has 1 fully saturated rings. The summed E-state index contributed by atoms with van der Waals surface area (Å²) >= 11 is 0. The summed E-state index contributed by atoms with van der Waals surface area (Å²) in [6, 6.07) is 8.37. The van der Waals surface area contributed by atoms with Gasteiger partial charge in [0.1, 0.15) is 23.4 Å². The average molecular weight is 327 g/mol. The van der Waals surface area contributed by atoms with E-state index in [1.54, 1.807) is 25.5 Å². The maximum Gasteiger partial charge on any atom is 0.132 e. The summed E-state index contributed by atoms with van der Waals surface area (Å²) in [5.74, 6) is 1.02. The third-order valence-electron chi connectivity index (χ3n) is 3.84. The molecule has 3 rings (SSSR count). The SMILES string of the molecule is COc1cccc(F)c1[C@@H](c1ccco1)N1CCNCC1.Cl. The maximum atomic E-state index is 14.5. The number of ether oxygens (including phenoxy) is 1. The van der Waals surface area contributed by atoms with Gasteiger partial charge >= 0.3 is 0 Å². The number of nitrogens with zero attached hydrogens (tertiary/aromatic N) is 1. The van der Waals surface area contributed by atoms with Crippen molar-refractivity contribution in [2.75, 3.05) is 33.3 Å². The fourth-order valence-corrected chi connectivity index (χ4v) is 2.85. The zero-order chi connectivity index (χ0) is 14.7. The quantitative estimate of drug-likeness (QED) is 0.937. The number of benzene rings is 1. The summed E-state index contributed by atoms with van der Waals surface area (Å²) in [7, 11) is 1.56. The van der Waals surface area contributed by atoms with E-state index in [-0.39, 0.29) is 24.3 Å².